The third-order valence-electron chi connectivity index (χ3n) is 3.83. The second-order valence-electron chi connectivity index (χ2n) is 4.90. The monoisotopic (exact) mass is 251 g/mol. The van der Waals surface area contributed by atoms with Crippen molar-refractivity contribution in [3.63, 3.8) is 0 Å². The van der Waals surface area contributed by atoms with Crippen molar-refractivity contribution in [3.05, 3.63) is 23.7 Å². The summed E-state index contributed by atoms with van der Waals surface area (Å²) in [5.74, 6) is 0.188. The number of ether oxygens (including phenoxy) is 1. The highest BCUT2D eigenvalue weighted by molar-refractivity contribution is 5.72. The van der Waals surface area contributed by atoms with Gasteiger partial charge in [-0.1, -0.05) is 0 Å². The molecule has 5 heteroatoms. The SMILES string of the molecule is O=C(O)C1CN(C2CCCc3occc32)CCO1. The van der Waals surface area contributed by atoms with Gasteiger partial charge in [0.15, 0.2) is 6.10 Å². The highest BCUT2D eigenvalue weighted by Gasteiger charge is 2.33. The number of carboxylic acids is 1. The van der Waals surface area contributed by atoms with E-state index in [9.17, 15) is 4.79 Å². The van der Waals surface area contributed by atoms with Crippen LogP contribution in [-0.4, -0.2) is 41.8 Å². The lowest BCUT2D eigenvalue weighted by Gasteiger charge is -2.38. The molecule has 0 spiro atoms. The van der Waals surface area contributed by atoms with E-state index in [1.54, 1.807) is 6.26 Å². The fraction of sp³-hybridized carbons (Fsp3) is 0.615. The molecule has 0 amide bonds. The number of rotatable bonds is 2. The van der Waals surface area contributed by atoms with Gasteiger partial charge in [0.2, 0.25) is 0 Å². The number of furan rings is 1. The average molecular weight is 251 g/mol. The molecule has 3 rings (SSSR count). The smallest absolute Gasteiger partial charge is 0.334 e. The summed E-state index contributed by atoms with van der Waals surface area (Å²) >= 11 is 0. The molecule has 0 aromatic carbocycles. The lowest BCUT2D eigenvalue weighted by atomic mass is 9.91. The first kappa shape index (κ1) is 11.7. The molecule has 2 atom stereocenters. The van der Waals surface area contributed by atoms with Crippen LogP contribution in [0.2, 0.25) is 0 Å². The van der Waals surface area contributed by atoms with E-state index >= 15 is 0 Å². The predicted molar refractivity (Wildman–Crippen MR) is 63.3 cm³/mol. The molecule has 1 N–H and O–H groups in total. The molecule has 1 fully saturated rings. The zero-order chi connectivity index (χ0) is 12.5. The summed E-state index contributed by atoms with van der Waals surface area (Å²) < 4.78 is 10.7. The number of nitrogens with zero attached hydrogens (tertiary/aromatic N) is 1. The number of aliphatic carboxylic acids is 1. The van der Waals surface area contributed by atoms with Gasteiger partial charge in [-0.15, -0.1) is 0 Å². The number of carbonyl (C=O) groups is 1. The van der Waals surface area contributed by atoms with Gasteiger partial charge in [0.05, 0.1) is 12.9 Å². The van der Waals surface area contributed by atoms with Gasteiger partial charge in [0, 0.05) is 31.1 Å². The van der Waals surface area contributed by atoms with Crippen LogP contribution in [0.4, 0.5) is 0 Å². The lowest BCUT2D eigenvalue weighted by molar-refractivity contribution is -0.157. The number of carboxylic acid groups (broad SMARTS) is 1. The Morgan fingerprint density at radius 2 is 2.39 bits per heavy atom. The Kier molecular flexibility index (Phi) is 3.09. The lowest BCUT2D eigenvalue weighted by Crippen LogP contribution is -2.47. The van der Waals surface area contributed by atoms with E-state index < -0.39 is 12.1 Å². The Hall–Kier alpha value is -1.33. The molecule has 1 aromatic rings. The molecule has 0 saturated carbocycles. The third-order valence-corrected chi connectivity index (χ3v) is 3.83. The van der Waals surface area contributed by atoms with Crippen molar-refractivity contribution in [2.75, 3.05) is 19.7 Å². The summed E-state index contributed by atoms with van der Waals surface area (Å²) in [6.07, 6.45) is 4.19. The number of morpholine rings is 1. The van der Waals surface area contributed by atoms with Crippen LogP contribution in [0.1, 0.15) is 30.2 Å². The number of hydrogen-bond acceptors (Lipinski definition) is 4. The first-order valence-corrected chi connectivity index (χ1v) is 6.40. The van der Waals surface area contributed by atoms with Crippen LogP contribution >= 0.6 is 0 Å². The fourth-order valence-corrected chi connectivity index (χ4v) is 2.94. The number of fused-ring (bicyclic) bond motifs is 1. The minimum absolute atomic E-state index is 0.290. The van der Waals surface area contributed by atoms with Crippen molar-refractivity contribution in [2.24, 2.45) is 0 Å². The molecular formula is C13H17NO4. The normalized spacial score (nSPS) is 28.9. The first-order valence-electron chi connectivity index (χ1n) is 6.40. The molecule has 98 valence electrons. The largest absolute Gasteiger partial charge is 0.479 e. The average Bonchev–Trinajstić information content (AvgIpc) is 2.87. The number of hydrogen-bond donors (Lipinski definition) is 1. The minimum atomic E-state index is -0.872. The zero-order valence-corrected chi connectivity index (χ0v) is 10.2. The van der Waals surface area contributed by atoms with Gasteiger partial charge in [-0.2, -0.15) is 0 Å². The van der Waals surface area contributed by atoms with Gasteiger partial charge in [0.25, 0.3) is 0 Å². The van der Waals surface area contributed by atoms with E-state index in [0.717, 1.165) is 31.6 Å². The number of aryl methyl sites for hydroxylation is 1. The van der Waals surface area contributed by atoms with Gasteiger partial charge in [-0.3, -0.25) is 4.90 Å². The molecule has 5 nitrogen and oxygen atoms in total. The van der Waals surface area contributed by atoms with Crippen molar-refractivity contribution < 1.29 is 19.1 Å². The molecule has 2 heterocycles. The maximum Gasteiger partial charge on any atom is 0.334 e. The van der Waals surface area contributed by atoms with E-state index in [0.29, 0.717) is 19.2 Å². The molecule has 1 aliphatic heterocycles. The summed E-state index contributed by atoms with van der Waals surface area (Å²) in [6, 6.07) is 2.31. The standard InChI is InChI=1S/C13H17NO4/c15-13(16)12-8-14(5-7-18-12)10-2-1-3-11-9(10)4-6-17-11/h4,6,10,12H,1-3,5,7-8H2,(H,15,16). The molecule has 0 bridgehead atoms. The van der Waals surface area contributed by atoms with Crippen LogP contribution in [0.5, 0.6) is 0 Å². The van der Waals surface area contributed by atoms with E-state index in [2.05, 4.69) is 4.90 Å². The Morgan fingerprint density at radius 3 is 3.22 bits per heavy atom. The Bertz CT molecular complexity index is 442. The topological polar surface area (TPSA) is 62.9 Å². The van der Waals surface area contributed by atoms with Crippen molar-refractivity contribution >= 4 is 5.97 Å². The van der Waals surface area contributed by atoms with Gasteiger partial charge in [0.1, 0.15) is 5.76 Å². The zero-order valence-electron chi connectivity index (χ0n) is 10.2. The van der Waals surface area contributed by atoms with Crippen molar-refractivity contribution in [2.45, 2.75) is 31.4 Å². The first-order chi connectivity index (χ1) is 8.75. The summed E-state index contributed by atoms with van der Waals surface area (Å²) in [7, 11) is 0. The van der Waals surface area contributed by atoms with Gasteiger partial charge >= 0.3 is 5.97 Å². The molecule has 1 saturated heterocycles. The highest BCUT2D eigenvalue weighted by atomic mass is 16.5. The fourth-order valence-electron chi connectivity index (χ4n) is 2.94. The van der Waals surface area contributed by atoms with E-state index in [-0.39, 0.29) is 0 Å². The van der Waals surface area contributed by atoms with Crippen LogP contribution in [0.25, 0.3) is 0 Å². The molecule has 1 aliphatic carbocycles. The second-order valence-corrected chi connectivity index (χ2v) is 4.90. The Morgan fingerprint density at radius 1 is 1.50 bits per heavy atom. The molecule has 1 aromatic heterocycles. The van der Waals surface area contributed by atoms with Gasteiger partial charge in [-0.05, 0) is 18.9 Å². The molecular weight excluding hydrogens is 234 g/mol. The Balaban J connectivity index is 1.78. The van der Waals surface area contributed by atoms with Crippen LogP contribution in [0.3, 0.4) is 0 Å². The van der Waals surface area contributed by atoms with Crippen LogP contribution < -0.4 is 0 Å². The maximum absolute atomic E-state index is 11.0. The maximum atomic E-state index is 11.0. The molecule has 2 aliphatic rings. The van der Waals surface area contributed by atoms with Crippen LogP contribution in [0, 0.1) is 0 Å². The minimum Gasteiger partial charge on any atom is -0.479 e. The van der Waals surface area contributed by atoms with Crippen molar-refractivity contribution in [3.8, 4) is 0 Å². The van der Waals surface area contributed by atoms with Crippen molar-refractivity contribution in [1.29, 1.82) is 0 Å². The van der Waals surface area contributed by atoms with E-state index in [1.165, 1.54) is 5.56 Å². The Labute approximate surface area is 105 Å². The second kappa shape index (κ2) is 4.74. The van der Waals surface area contributed by atoms with E-state index in [1.807, 2.05) is 6.07 Å². The molecule has 0 radical (unpaired) electrons. The van der Waals surface area contributed by atoms with E-state index in [4.69, 9.17) is 14.3 Å². The van der Waals surface area contributed by atoms with Gasteiger partial charge in [-0.25, -0.2) is 4.79 Å². The summed E-state index contributed by atoms with van der Waals surface area (Å²) in [5, 5.41) is 9.04. The summed E-state index contributed by atoms with van der Waals surface area (Å²) in [5.41, 5.74) is 1.23. The van der Waals surface area contributed by atoms with Crippen LogP contribution in [-0.2, 0) is 16.0 Å². The predicted octanol–water partition coefficient (Wildman–Crippen LogP) is 1.44. The van der Waals surface area contributed by atoms with Crippen LogP contribution in [0.15, 0.2) is 16.7 Å². The quantitative estimate of drug-likeness (QED) is 0.861. The summed E-state index contributed by atoms with van der Waals surface area (Å²) in [6.45, 7) is 1.74. The molecule has 2 unspecified atom stereocenters. The molecule has 18 heavy (non-hydrogen) atoms. The van der Waals surface area contributed by atoms with Gasteiger partial charge < -0.3 is 14.3 Å². The highest BCUT2D eigenvalue weighted by Crippen LogP contribution is 2.35. The third kappa shape index (κ3) is 2.04. The van der Waals surface area contributed by atoms with Crippen molar-refractivity contribution in [1.82, 2.24) is 4.90 Å². The summed E-state index contributed by atoms with van der Waals surface area (Å²) in [4.78, 5) is 13.2.